The van der Waals surface area contributed by atoms with E-state index in [9.17, 15) is 9.90 Å². The zero-order chi connectivity index (χ0) is 21.4. The van der Waals surface area contributed by atoms with Gasteiger partial charge < -0.3 is 10.4 Å². The zero-order valence-electron chi connectivity index (χ0n) is 16.2. The minimum atomic E-state index is -1.29. The van der Waals surface area contributed by atoms with Crippen LogP contribution in [0, 0.1) is 18.6 Å². The number of benzene rings is 2. The minimum Gasteiger partial charge on any atom is -0.463 e. The van der Waals surface area contributed by atoms with Crippen LogP contribution in [-0.2, 0) is 5.54 Å². The van der Waals surface area contributed by atoms with Crippen molar-refractivity contribution in [2.45, 2.75) is 26.3 Å². The third-order valence-corrected chi connectivity index (χ3v) is 5.31. The molecule has 0 saturated heterocycles. The van der Waals surface area contributed by atoms with E-state index in [0.29, 0.717) is 17.0 Å². The summed E-state index contributed by atoms with van der Waals surface area (Å²) in [6.07, 6.45) is -0.00165. The molecule has 2 aromatic heterocycles. The smallest absolute Gasteiger partial charge is 0.432 e. The van der Waals surface area contributed by atoms with Crippen molar-refractivity contribution in [3.05, 3.63) is 53.7 Å². The molecule has 0 saturated carbocycles. The maximum Gasteiger partial charge on any atom is 0.432 e. The summed E-state index contributed by atoms with van der Waals surface area (Å²) in [5.74, 6) is -0.609. The van der Waals surface area contributed by atoms with Crippen molar-refractivity contribution in [2.24, 2.45) is 0 Å². The number of nitrogens with one attached hydrogen (secondary N) is 1. The molecule has 4 aromatic rings. The second kappa shape index (κ2) is 5.85. The summed E-state index contributed by atoms with van der Waals surface area (Å²) < 4.78 is 33.4. The standard InChI is InChI=1S/C20H16F2N6O2/c1-9-25-26-18-20(2,3)24-13-7-12(21)15(16(22)17(13)27(9)18)10-5-4-6-14-11(10)8-23-28(14)19(29)30/h4-8,24H,1-3H3,(H,29,30). The quantitative estimate of drug-likeness (QED) is 0.491. The summed E-state index contributed by atoms with van der Waals surface area (Å²) in [6.45, 7) is 5.39. The van der Waals surface area contributed by atoms with E-state index in [1.54, 1.807) is 11.5 Å². The summed E-state index contributed by atoms with van der Waals surface area (Å²) in [7, 11) is 0. The fourth-order valence-electron chi connectivity index (χ4n) is 4.02. The van der Waals surface area contributed by atoms with E-state index in [2.05, 4.69) is 20.6 Å². The predicted molar refractivity (Wildman–Crippen MR) is 105 cm³/mol. The van der Waals surface area contributed by atoms with Gasteiger partial charge in [-0.2, -0.15) is 9.78 Å². The van der Waals surface area contributed by atoms with Gasteiger partial charge in [0.05, 0.1) is 28.5 Å². The van der Waals surface area contributed by atoms with Crippen LogP contribution in [0.1, 0.15) is 25.5 Å². The zero-order valence-corrected chi connectivity index (χ0v) is 16.2. The Kier molecular flexibility index (Phi) is 3.55. The number of hydrogen-bond acceptors (Lipinski definition) is 5. The van der Waals surface area contributed by atoms with Crippen LogP contribution < -0.4 is 5.32 Å². The van der Waals surface area contributed by atoms with Gasteiger partial charge in [-0.05, 0) is 32.4 Å². The maximum atomic E-state index is 15.9. The molecule has 0 aliphatic carbocycles. The largest absolute Gasteiger partial charge is 0.463 e. The van der Waals surface area contributed by atoms with E-state index < -0.39 is 23.3 Å². The molecule has 0 spiro atoms. The molecule has 2 aromatic carbocycles. The van der Waals surface area contributed by atoms with Gasteiger partial charge in [-0.3, -0.25) is 4.57 Å². The van der Waals surface area contributed by atoms with Crippen molar-refractivity contribution >= 4 is 22.7 Å². The molecule has 0 radical (unpaired) electrons. The van der Waals surface area contributed by atoms with Crippen LogP contribution in [0.15, 0.2) is 30.5 Å². The molecule has 0 bridgehead atoms. The lowest BCUT2D eigenvalue weighted by Gasteiger charge is -2.34. The Bertz CT molecular complexity index is 1370. The average Bonchev–Trinajstić information content (AvgIpc) is 3.26. The van der Waals surface area contributed by atoms with Crippen LogP contribution in [0.5, 0.6) is 0 Å². The first-order valence-electron chi connectivity index (χ1n) is 9.14. The van der Waals surface area contributed by atoms with Crippen molar-refractivity contribution in [3.63, 3.8) is 0 Å². The first kappa shape index (κ1) is 18.2. The molecule has 0 atom stereocenters. The average molecular weight is 410 g/mol. The first-order valence-corrected chi connectivity index (χ1v) is 9.14. The SMILES string of the molecule is Cc1nnc2n1-c1c(cc(F)c(-c3cccc4c3cnn4C(=O)O)c1F)NC2(C)C. The molecular weight excluding hydrogens is 394 g/mol. The van der Waals surface area contributed by atoms with E-state index >= 15 is 8.78 Å². The summed E-state index contributed by atoms with van der Waals surface area (Å²) in [5, 5.41) is 24.8. The van der Waals surface area contributed by atoms with Crippen LogP contribution in [0.25, 0.3) is 27.7 Å². The number of aromatic nitrogens is 5. The number of halogens is 2. The van der Waals surface area contributed by atoms with Crippen molar-refractivity contribution in [2.75, 3.05) is 5.32 Å². The third-order valence-electron chi connectivity index (χ3n) is 5.31. The van der Waals surface area contributed by atoms with Gasteiger partial charge in [-0.25, -0.2) is 13.6 Å². The van der Waals surface area contributed by atoms with Crippen LogP contribution in [0.2, 0.25) is 0 Å². The number of fused-ring (bicyclic) bond motifs is 4. The highest BCUT2D eigenvalue weighted by Crippen LogP contribution is 2.43. The van der Waals surface area contributed by atoms with Crippen LogP contribution in [-0.4, -0.2) is 35.7 Å². The Morgan fingerprint density at radius 1 is 1.23 bits per heavy atom. The van der Waals surface area contributed by atoms with Crippen LogP contribution >= 0.6 is 0 Å². The van der Waals surface area contributed by atoms with E-state index in [0.717, 1.165) is 4.68 Å². The molecule has 5 rings (SSSR count). The van der Waals surface area contributed by atoms with E-state index in [-0.39, 0.29) is 28.0 Å². The van der Waals surface area contributed by atoms with Crippen molar-refractivity contribution in [1.82, 2.24) is 24.5 Å². The molecule has 10 heteroatoms. The summed E-state index contributed by atoms with van der Waals surface area (Å²) in [6, 6.07) is 5.83. The number of rotatable bonds is 1. The normalized spacial score (nSPS) is 14.3. The number of carboxylic acid groups (broad SMARTS) is 1. The summed E-state index contributed by atoms with van der Waals surface area (Å²) >= 11 is 0. The molecule has 152 valence electrons. The van der Waals surface area contributed by atoms with Crippen molar-refractivity contribution in [1.29, 1.82) is 0 Å². The van der Waals surface area contributed by atoms with Gasteiger partial charge in [-0.15, -0.1) is 10.2 Å². The second-order valence-corrected chi connectivity index (χ2v) is 7.68. The van der Waals surface area contributed by atoms with Crippen molar-refractivity contribution < 1.29 is 18.7 Å². The van der Waals surface area contributed by atoms with E-state index in [1.165, 1.54) is 30.5 Å². The molecule has 0 unspecified atom stereocenters. The highest BCUT2D eigenvalue weighted by molar-refractivity contribution is 5.98. The van der Waals surface area contributed by atoms with Gasteiger partial charge in [0.2, 0.25) is 0 Å². The molecule has 0 fully saturated rings. The van der Waals surface area contributed by atoms with E-state index in [4.69, 9.17) is 0 Å². The van der Waals surface area contributed by atoms with Gasteiger partial charge in [0, 0.05) is 11.5 Å². The highest BCUT2D eigenvalue weighted by atomic mass is 19.1. The maximum absolute atomic E-state index is 15.9. The Morgan fingerprint density at radius 2 is 2.00 bits per heavy atom. The lowest BCUT2D eigenvalue weighted by atomic mass is 9.95. The summed E-state index contributed by atoms with van der Waals surface area (Å²) in [4.78, 5) is 11.4. The summed E-state index contributed by atoms with van der Waals surface area (Å²) in [5.41, 5.74) is -0.123. The Hall–Kier alpha value is -3.82. The molecular formula is C20H16F2N6O2. The van der Waals surface area contributed by atoms with Gasteiger partial charge >= 0.3 is 6.09 Å². The molecule has 1 aliphatic rings. The number of anilines is 1. The van der Waals surface area contributed by atoms with Gasteiger partial charge in [-0.1, -0.05) is 12.1 Å². The lowest BCUT2D eigenvalue weighted by Crippen LogP contribution is -2.36. The number of carbonyl (C=O) groups is 1. The number of aryl methyl sites for hydroxylation is 1. The fraction of sp³-hybridized carbons (Fsp3) is 0.200. The monoisotopic (exact) mass is 410 g/mol. The lowest BCUT2D eigenvalue weighted by molar-refractivity contribution is 0.194. The molecule has 1 aliphatic heterocycles. The van der Waals surface area contributed by atoms with E-state index in [1.807, 2.05) is 13.8 Å². The number of hydrogen-bond donors (Lipinski definition) is 2. The topological polar surface area (TPSA) is 97.9 Å². The Morgan fingerprint density at radius 3 is 2.73 bits per heavy atom. The molecule has 8 nitrogen and oxygen atoms in total. The van der Waals surface area contributed by atoms with Crippen LogP contribution in [0.4, 0.5) is 19.3 Å². The predicted octanol–water partition coefficient (Wildman–Crippen LogP) is 4.06. The van der Waals surface area contributed by atoms with Gasteiger partial charge in [0.1, 0.15) is 17.3 Å². The third kappa shape index (κ3) is 2.30. The Balaban J connectivity index is 1.84. The fourth-order valence-corrected chi connectivity index (χ4v) is 4.02. The molecule has 3 heterocycles. The second-order valence-electron chi connectivity index (χ2n) is 7.68. The van der Waals surface area contributed by atoms with Crippen LogP contribution in [0.3, 0.4) is 0 Å². The minimum absolute atomic E-state index is 0.117. The molecule has 30 heavy (non-hydrogen) atoms. The van der Waals surface area contributed by atoms with Gasteiger partial charge in [0.15, 0.2) is 11.6 Å². The van der Waals surface area contributed by atoms with Gasteiger partial charge in [0.25, 0.3) is 0 Å². The highest BCUT2D eigenvalue weighted by Gasteiger charge is 2.37. The number of nitrogens with zero attached hydrogens (tertiary/aromatic N) is 5. The molecule has 2 N–H and O–H groups in total. The first-order chi connectivity index (χ1) is 14.2. The molecule has 0 amide bonds. The van der Waals surface area contributed by atoms with Crippen molar-refractivity contribution in [3.8, 4) is 16.8 Å². The Labute approximate surface area is 168 Å².